The van der Waals surface area contributed by atoms with Gasteiger partial charge in [0.15, 0.2) is 0 Å². The van der Waals surface area contributed by atoms with Gasteiger partial charge < -0.3 is 14.5 Å². The van der Waals surface area contributed by atoms with Gasteiger partial charge in [-0.15, -0.1) is 0 Å². The molecular weight excluding hydrogens is 401 g/mol. The van der Waals surface area contributed by atoms with Crippen molar-refractivity contribution in [3.8, 4) is 0 Å². The van der Waals surface area contributed by atoms with E-state index in [1.165, 1.54) is 29.4 Å². The van der Waals surface area contributed by atoms with Crippen molar-refractivity contribution in [3.63, 3.8) is 0 Å². The number of aromatic nitrogens is 2. The number of hydrogen-bond acceptors (Lipinski definition) is 5. The molecule has 3 heterocycles. The minimum Gasteiger partial charge on any atom is -0.337 e. The molecule has 30 heavy (non-hydrogen) atoms. The lowest BCUT2D eigenvalue weighted by Gasteiger charge is -2.48. The smallest absolute Gasteiger partial charge is 0.337 e. The Morgan fingerprint density at radius 1 is 1.10 bits per heavy atom. The summed E-state index contributed by atoms with van der Waals surface area (Å²) in [4.78, 5) is 35.4. The second kappa shape index (κ2) is 7.35. The first-order chi connectivity index (χ1) is 14.2. The van der Waals surface area contributed by atoms with Gasteiger partial charge in [-0.25, -0.2) is 9.37 Å². The average molecular weight is 420 g/mol. The van der Waals surface area contributed by atoms with Gasteiger partial charge in [0.2, 0.25) is 0 Å². The molecule has 0 atom stereocenters. The van der Waals surface area contributed by atoms with Crippen LogP contribution in [-0.2, 0) is 9.53 Å². The molecule has 158 valence electrons. The molecule has 2 aliphatic heterocycles. The number of benzene rings is 1. The number of ether oxygens (including phenoxy) is 1. The average Bonchev–Trinajstić information content (AvgIpc) is 2.72. The second-order valence-electron chi connectivity index (χ2n) is 7.50. The van der Waals surface area contributed by atoms with E-state index in [0.717, 1.165) is 17.0 Å². The minimum absolute atomic E-state index is 0.110. The summed E-state index contributed by atoms with van der Waals surface area (Å²) >= 11 is 0. The van der Waals surface area contributed by atoms with Crippen LogP contribution in [0.1, 0.15) is 29.0 Å². The molecule has 2 aromatic rings. The number of amides is 2. The Morgan fingerprint density at radius 3 is 2.37 bits per heavy atom. The van der Waals surface area contributed by atoms with E-state index in [1.54, 1.807) is 6.92 Å². The molecule has 2 fully saturated rings. The SMILES string of the molecule is Cc1cnc(C(=O)N2CCC3(CC2)CN(c2ccc(F)cc2)C(=O)C(F)(F)O3)cn1. The van der Waals surface area contributed by atoms with Crippen LogP contribution in [0, 0.1) is 12.7 Å². The summed E-state index contributed by atoms with van der Waals surface area (Å²) in [6, 6.07) is 4.76. The van der Waals surface area contributed by atoms with Crippen LogP contribution in [0.25, 0.3) is 0 Å². The molecule has 0 aliphatic carbocycles. The molecule has 0 saturated carbocycles. The van der Waals surface area contributed by atoms with E-state index >= 15 is 0 Å². The Labute approximate surface area is 170 Å². The number of halogens is 3. The maximum Gasteiger partial charge on any atom is 0.437 e. The third-order valence-corrected chi connectivity index (χ3v) is 5.39. The first-order valence-electron chi connectivity index (χ1n) is 9.43. The van der Waals surface area contributed by atoms with Crippen molar-refractivity contribution in [2.24, 2.45) is 0 Å². The van der Waals surface area contributed by atoms with Crippen molar-refractivity contribution >= 4 is 17.5 Å². The number of rotatable bonds is 2. The lowest BCUT2D eigenvalue weighted by molar-refractivity contribution is -0.292. The number of morpholine rings is 1. The number of carbonyl (C=O) groups is 2. The Bertz CT molecular complexity index is 958. The molecule has 2 saturated heterocycles. The van der Waals surface area contributed by atoms with E-state index in [4.69, 9.17) is 4.74 Å². The van der Waals surface area contributed by atoms with Gasteiger partial charge in [-0.1, -0.05) is 0 Å². The fourth-order valence-electron chi connectivity index (χ4n) is 3.74. The minimum atomic E-state index is -4.01. The van der Waals surface area contributed by atoms with Crippen LogP contribution in [0.5, 0.6) is 0 Å². The molecule has 2 aliphatic rings. The van der Waals surface area contributed by atoms with Crippen LogP contribution >= 0.6 is 0 Å². The molecule has 10 heteroatoms. The first kappa shape index (κ1) is 20.3. The largest absolute Gasteiger partial charge is 0.437 e. The van der Waals surface area contributed by atoms with Crippen LogP contribution in [0.4, 0.5) is 18.9 Å². The van der Waals surface area contributed by atoms with Crippen molar-refractivity contribution in [1.82, 2.24) is 14.9 Å². The molecule has 4 rings (SSSR count). The Kier molecular flexibility index (Phi) is 4.97. The third kappa shape index (κ3) is 3.74. The Balaban J connectivity index is 1.51. The van der Waals surface area contributed by atoms with E-state index in [2.05, 4.69) is 9.97 Å². The third-order valence-electron chi connectivity index (χ3n) is 5.39. The summed E-state index contributed by atoms with van der Waals surface area (Å²) in [5.74, 6) is -2.37. The molecule has 0 unspecified atom stereocenters. The maximum absolute atomic E-state index is 14.4. The van der Waals surface area contributed by atoms with Gasteiger partial charge in [0.1, 0.15) is 11.5 Å². The quantitative estimate of drug-likeness (QED) is 0.747. The summed E-state index contributed by atoms with van der Waals surface area (Å²) in [6.45, 7) is 1.96. The van der Waals surface area contributed by atoms with Gasteiger partial charge >= 0.3 is 12.0 Å². The second-order valence-corrected chi connectivity index (χ2v) is 7.50. The zero-order valence-electron chi connectivity index (χ0n) is 16.1. The van der Waals surface area contributed by atoms with Crippen molar-refractivity contribution in [1.29, 1.82) is 0 Å². The number of aryl methyl sites for hydroxylation is 1. The van der Waals surface area contributed by atoms with Crippen molar-refractivity contribution in [2.75, 3.05) is 24.5 Å². The summed E-state index contributed by atoms with van der Waals surface area (Å²) in [6.07, 6.45) is -0.934. The fraction of sp³-hybridized carbons (Fsp3) is 0.400. The number of nitrogens with zero attached hydrogens (tertiary/aromatic N) is 4. The van der Waals surface area contributed by atoms with E-state index < -0.39 is 23.4 Å². The highest BCUT2D eigenvalue weighted by atomic mass is 19.3. The van der Waals surface area contributed by atoms with Crippen LogP contribution < -0.4 is 4.90 Å². The summed E-state index contributed by atoms with van der Waals surface area (Å²) in [5, 5.41) is 0. The molecule has 1 aromatic heterocycles. The van der Waals surface area contributed by atoms with Gasteiger partial charge in [0, 0.05) is 25.0 Å². The van der Waals surface area contributed by atoms with E-state index in [0.29, 0.717) is 5.69 Å². The highest BCUT2D eigenvalue weighted by molar-refractivity contribution is 5.98. The normalized spacial score (nSPS) is 20.5. The Hall–Kier alpha value is -3.01. The number of anilines is 1. The van der Waals surface area contributed by atoms with Crippen LogP contribution in [-0.4, -0.2) is 58.0 Å². The number of likely N-dealkylation sites (tertiary alicyclic amines) is 1. The molecule has 1 aromatic carbocycles. The summed E-state index contributed by atoms with van der Waals surface area (Å²) in [5.41, 5.74) is -0.305. The number of alkyl halides is 2. The number of carbonyl (C=O) groups excluding carboxylic acids is 2. The highest BCUT2D eigenvalue weighted by Crippen LogP contribution is 2.40. The van der Waals surface area contributed by atoms with Crippen LogP contribution in [0.15, 0.2) is 36.7 Å². The monoisotopic (exact) mass is 420 g/mol. The number of hydrogen-bond donors (Lipinski definition) is 0. The van der Waals surface area contributed by atoms with Crippen molar-refractivity contribution < 1.29 is 27.5 Å². The summed E-state index contributed by atoms with van der Waals surface area (Å²) in [7, 11) is 0. The van der Waals surface area contributed by atoms with Crippen LogP contribution in [0.3, 0.4) is 0 Å². The number of piperidine rings is 1. The zero-order chi connectivity index (χ0) is 21.5. The fourth-order valence-corrected chi connectivity index (χ4v) is 3.74. The van der Waals surface area contributed by atoms with Gasteiger partial charge in [-0.3, -0.25) is 14.6 Å². The van der Waals surface area contributed by atoms with Gasteiger partial charge in [0.25, 0.3) is 5.91 Å². The van der Waals surface area contributed by atoms with Crippen molar-refractivity contribution in [2.45, 2.75) is 31.5 Å². The molecule has 0 bridgehead atoms. The summed E-state index contributed by atoms with van der Waals surface area (Å²) < 4.78 is 47.0. The van der Waals surface area contributed by atoms with Gasteiger partial charge in [-0.2, -0.15) is 8.78 Å². The lowest BCUT2D eigenvalue weighted by atomic mass is 9.88. The predicted molar refractivity (Wildman–Crippen MR) is 99.4 cm³/mol. The van der Waals surface area contributed by atoms with Crippen LogP contribution in [0.2, 0.25) is 0 Å². The van der Waals surface area contributed by atoms with Crippen molar-refractivity contribution in [3.05, 3.63) is 53.9 Å². The molecular formula is C20H19F3N4O3. The highest BCUT2D eigenvalue weighted by Gasteiger charge is 2.57. The van der Waals surface area contributed by atoms with E-state index in [9.17, 15) is 22.8 Å². The maximum atomic E-state index is 14.4. The predicted octanol–water partition coefficient (Wildman–Crippen LogP) is 2.56. The first-order valence-corrected chi connectivity index (χ1v) is 9.43. The van der Waals surface area contributed by atoms with E-state index in [1.807, 2.05) is 0 Å². The molecule has 7 nitrogen and oxygen atoms in total. The van der Waals surface area contributed by atoms with Gasteiger partial charge in [-0.05, 0) is 44.0 Å². The van der Waals surface area contributed by atoms with Gasteiger partial charge in [0.05, 0.1) is 24.0 Å². The zero-order valence-corrected chi connectivity index (χ0v) is 16.1. The lowest BCUT2D eigenvalue weighted by Crippen LogP contribution is -2.65. The standard InChI is InChI=1S/C20H19F3N4O3/c1-13-10-25-16(11-24-13)17(28)26-8-6-19(7-9-26)12-27(18(29)20(22,23)30-19)15-4-2-14(21)3-5-15/h2-5,10-11H,6-9,12H2,1H3. The Morgan fingerprint density at radius 2 is 1.77 bits per heavy atom. The topological polar surface area (TPSA) is 75.6 Å². The van der Waals surface area contributed by atoms with E-state index in [-0.39, 0.29) is 49.8 Å². The molecule has 0 N–H and O–H groups in total. The molecule has 1 spiro atoms. The molecule has 2 amide bonds. The molecule has 0 radical (unpaired) electrons.